The minimum Gasteiger partial charge on any atom is -0.389 e. The van der Waals surface area contributed by atoms with Crippen LogP contribution in [0.4, 0.5) is 0 Å². The normalized spacial score (nSPS) is 33.3. The molecule has 1 N–H and O–H groups in total. The number of allylic oxidation sites excluding steroid dienone is 3. The Labute approximate surface area is 128 Å². The van der Waals surface area contributed by atoms with Crippen molar-refractivity contribution in [2.75, 3.05) is 0 Å². The number of rotatable bonds is 0. The summed E-state index contributed by atoms with van der Waals surface area (Å²) in [4.78, 5) is 12.6. The molecule has 116 valence electrons. The molecule has 2 aliphatic rings. The Hall–Kier alpha value is -1.15. The van der Waals surface area contributed by atoms with Gasteiger partial charge in [-0.2, -0.15) is 0 Å². The van der Waals surface area contributed by atoms with Crippen LogP contribution in [0, 0.1) is 11.3 Å². The molecule has 2 bridgehead atoms. The topological polar surface area (TPSA) is 37.3 Å². The predicted octanol–water partition coefficient (Wildman–Crippen LogP) is 4.36. The highest BCUT2D eigenvalue weighted by atomic mass is 16.3. The molecule has 2 aliphatic carbocycles. The highest BCUT2D eigenvalue weighted by molar-refractivity contribution is 5.98. The summed E-state index contributed by atoms with van der Waals surface area (Å²) in [7, 11) is 0. The Morgan fingerprint density at radius 3 is 2.76 bits per heavy atom. The van der Waals surface area contributed by atoms with E-state index in [0.29, 0.717) is 18.8 Å². The number of carbonyl (C=O) groups is 1. The molecule has 0 radical (unpaired) electrons. The summed E-state index contributed by atoms with van der Waals surface area (Å²) in [5.74, 6) is 0.754. The molecular weight excluding hydrogens is 260 g/mol. The summed E-state index contributed by atoms with van der Waals surface area (Å²) in [6.07, 6.45) is 8.65. The summed E-state index contributed by atoms with van der Waals surface area (Å²) in [6, 6.07) is 0. The van der Waals surface area contributed by atoms with Crippen molar-refractivity contribution in [3.05, 3.63) is 35.5 Å². The van der Waals surface area contributed by atoms with Crippen LogP contribution in [-0.4, -0.2) is 17.0 Å². The predicted molar refractivity (Wildman–Crippen MR) is 87.0 cm³/mol. The van der Waals surface area contributed by atoms with Crippen LogP contribution in [-0.2, 0) is 4.79 Å². The molecule has 0 amide bonds. The third-order valence-corrected chi connectivity index (χ3v) is 5.14. The first-order chi connectivity index (χ1) is 9.80. The number of ketones is 1. The lowest BCUT2D eigenvalue weighted by atomic mass is 9.64. The summed E-state index contributed by atoms with van der Waals surface area (Å²) in [6.45, 7) is 10.5. The van der Waals surface area contributed by atoms with Gasteiger partial charge < -0.3 is 5.11 Å². The summed E-state index contributed by atoms with van der Waals surface area (Å²) in [5, 5.41) is 10.1. The maximum absolute atomic E-state index is 12.6. The Balaban J connectivity index is 2.34. The lowest BCUT2D eigenvalue weighted by Gasteiger charge is -2.40. The van der Waals surface area contributed by atoms with Crippen molar-refractivity contribution in [1.29, 1.82) is 0 Å². The Morgan fingerprint density at radius 1 is 1.33 bits per heavy atom. The van der Waals surface area contributed by atoms with Gasteiger partial charge in [0.2, 0.25) is 0 Å². The van der Waals surface area contributed by atoms with Crippen molar-refractivity contribution in [1.82, 2.24) is 0 Å². The number of Topliss-reactive ketones (excluding diaryl/α,β-unsaturated/α-hetero) is 1. The molecule has 0 aromatic carbocycles. The van der Waals surface area contributed by atoms with Gasteiger partial charge in [-0.05, 0) is 55.9 Å². The van der Waals surface area contributed by atoms with Crippen molar-refractivity contribution < 1.29 is 9.90 Å². The van der Waals surface area contributed by atoms with Gasteiger partial charge in [-0.1, -0.05) is 43.7 Å². The summed E-state index contributed by atoms with van der Waals surface area (Å²) >= 11 is 0. The molecule has 0 spiro atoms. The maximum Gasteiger partial charge on any atom is 0.163 e. The number of carbonyl (C=O) groups excluding carboxylic acids is 1. The molecule has 0 fully saturated rings. The highest BCUT2D eigenvalue weighted by Crippen LogP contribution is 2.45. The third kappa shape index (κ3) is 3.74. The quantitative estimate of drug-likeness (QED) is 0.673. The molecule has 0 aromatic rings. The van der Waals surface area contributed by atoms with E-state index in [9.17, 15) is 9.90 Å². The standard InChI is InChI=1S/C19H28O2/c1-13-8-9-15-6-5-7-17(19(15,3)4)18(21)12-14(2)11-16(20)10-13/h7,11,15-16,20H,1,5-6,8-10,12H2,2-4H3/b14-11+/t15-,16+/m0/s1. The number of aliphatic hydroxyl groups excluding tert-OH is 1. The minimum absolute atomic E-state index is 0.0479. The van der Waals surface area contributed by atoms with E-state index in [0.717, 1.165) is 42.4 Å². The number of fused-ring (bicyclic) bond motifs is 2. The van der Waals surface area contributed by atoms with Crippen molar-refractivity contribution in [2.24, 2.45) is 11.3 Å². The molecule has 2 nitrogen and oxygen atoms in total. The second-order valence-electron chi connectivity index (χ2n) is 7.29. The second-order valence-corrected chi connectivity index (χ2v) is 7.29. The Bertz CT molecular complexity index is 494. The molecule has 0 heterocycles. The Kier molecular flexibility index (Phi) is 4.88. The smallest absolute Gasteiger partial charge is 0.163 e. The van der Waals surface area contributed by atoms with Crippen LogP contribution >= 0.6 is 0 Å². The summed E-state index contributed by atoms with van der Waals surface area (Å²) < 4.78 is 0. The molecule has 2 rings (SSSR count). The van der Waals surface area contributed by atoms with Crippen molar-refractivity contribution in [3.8, 4) is 0 Å². The molecule has 0 aromatic heterocycles. The van der Waals surface area contributed by atoms with Crippen LogP contribution in [0.25, 0.3) is 0 Å². The zero-order chi connectivity index (χ0) is 15.6. The lowest BCUT2D eigenvalue weighted by molar-refractivity contribution is -0.116. The molecule has 0 saturated carbocycles. The molecule has 0 saturated heterocycles. The van der Waals surface area contributed by atoms with Crippen LogP contribution < -0.4 is 0 Å². The van der Waals surface area contributed by atoms with E-state index >= 15 is 0 Å². The van der Waals surface area contributed by atoms with Gasteiger partial charge in [-0.25, -0.2) is 0 Å². The fourth-order valence-corrected chi connectivity index (χ4v) is 3.82. The van der Waals surface area contributed by atoms with Gasteiger partial charge in [-0.3, -0.25) is 4.79 Å². The first-order valence-electron chi connectivity index (χ1n) is 8.06. The van der Waals surface area contributed by atoms with Crippen molar-refractivity contribution in [3.63, 3.8) is 0 Å². The van der Waals surface area contributed by atoms with Crippen LogP contribution in [0.2, 0.25) is 0 Å². The highest BCUT2D eigenvalue weighted by Gasteiger charge is 2.38. The van der Waals surface area contributed by atoms with Crippen molar-refractivity contribution in [2.45, 2.75) is 65.4 Å². The van der Waals surface area contributed by atoms with Crippen molar-refractivity contribution >= 4 is 5.78 Å². The minimum atomic E-state index is -0.508. The molecule has 0 aliphatic heterocycles. The number of hydrogen-bond donors (Lipinski definition) is 1. The fraction of sp³-hybridized carbons (Fsp3) is 0.632. The number of hydrogen-bond acceptors (Lipinski definition) is 2. The van der Waals surface area contributed by atoms with Crippen LogP contribution in [0.1, 0.15) is 59.3 Å². The first-order valence-corrected chi connectivity index (χ1v) is 8.06. The molecule has 2 heteroatoms. The van der Waals surface area contributed by atoms with E-state index < -0.39 is 6.10 Å². The van der Waals surface area contributed by atoms with Gasteiger partial charge in [0.25, 0.3) is 0 Å². The maximum atomic E-state index is 12.6. The van der Waals surface area contributed by atoms with E-state index in [1.807, 2.05) is 13.0 Å². The molecule has 21 heavy (non-hydrogen) atoms. The Morgan fingerprint density at radius 2 is 2.05 bits per heavy atom. The van der Waals surface area contributed by atoms with E-state index in [1.54, 1.807) is 0 Å². The SMILES string of the molecule is C=C1CC[C@@H]2CCC=C(C(=O)C/C(C)=C/[C@H](O)C1)C2(C)C. The van der Waals surface area contributed by atoms with E-state index in [-0.39, 0.29) is 11.2 Å². The van der Waals surface area contributed by atoms with E-state index in [4.69, 9.17) is 0 Å². The van der Waals surface area contributed by atoms with Gasteiger partial charge >= 0.3 is 0 Å². The van der Waals surface area contributed by atoms with Gasteiger partial charge in [0.1, 0.15) is 0 Å². The molecular formula is C19H28O2. The zero-order valence-corrected chi connectivity index (χ0v) is 13.6. The molecule has 2 atom stereocenters. The molecule has 0 unspecified atom stereocenters. The van der Waals surface area contributed by atoms with E-state index in [1.165, 1.54) is 0 Å². The lowest BCUT2D eigenvalue weighted by Crippen LogP contribution is -2.33. The second kappa shape index (κ2) is 6.31. The largest absolute Gasteiger partial charge is 0.389 e. The van der Waals surface area contributed by atoms with Crippen LogP contribution in [0.5, 0.6) is 0 Å². The van der Waals surface area contributed by atoms with Crippen LogP contribution in [0.15, 0.2) is 35.5 Å². The van der Waals surface area contributed by atoms with Gasteiger partial charge in [0.15, 0.2) is 5.78 Å². The fourth-order valence-electron chi connectivity index (χ4n) is 3.82. The van der Waals surface area contributed by atoms with Gasteiger partial charge in [-0.15, -0.1) is 0 Å². The monoisotopic (exact) mass is 288 g/mol. The average Bonchev–Trinajstić information content (AvgIpc) is 2.34. The zero-order valence-electron chi connectivity index (χ0n) is 13.6. The van der Waals surface area contributed by atoms with Gasteiger partial charge in [0, 0.05) is 6.42 Å². The first kappa shape index (κ1) is 16.2. The van der Waals surface area contributed by atoms with E-state index in [2.05, 4.69) is 26.5 Å². The van der Waals surface area contributed by atoms with Gasteiger partial charge in [0.05, 0.1) is 6.10 Å². The average molecular weight is 288 g/mol. The third-order valence-electron chi connectivity index (χ3n) is 5.14. The van der Waals surface area contributed by atoms with Crippen LogP contribution in [0.3, 0.4) is 0 Å². The summed E-state index contributed by atoms with van der Waals surface area (Å²) in [5.41, 5.74) is 3.02. The number of aliphatic hydroxyl groups is 1.